The number of thioether (sulfide) groups is 1. The number of carbonyl (C=O) groups excluding carboxylic acids is 3. The van der Waals surface area contributed by atoms with Crippen LogP contribution in [0.1, 0.15) is 37.6 Å². The topological polar surface area (TPSA) is 76.1 Å². The highest BCUT2D eigenvalue weighted by atomic mass is 32.2. The summed E-state index contributed by atoms with van der Waals surface area (Å²) in [6.45, 7) is 6.15. The molecule has 8 heteroatoms. The Bertz CT molecular complexity index is 728. The third-order valence-corrected chi connectivity index (χ3v) is 5.49. The second-order valence-corrected chi connectivity index (χ2v) is 8.99. The van der Waals surface area contributed by atoms with Crippen LogP contribution in [0, 0.1) is 0 Å². The second-order valence-electron chi connectivity index (χ2n) is 7.92. The van der Waals surface area contributed by atoms with E-state index in [-0.39, 0.29) is 18.9 Å². The highest BCUT2D eigenvalue weighted by molar-refractivity contribution is 7.99. The van der Waals surface area contributed by atoms with E-state index in [1.54, 1.807) is 61.7 Å². The smallest absolute Gasteiger partial charge is 0.411 e. The average molecular weight is 407 g/mol. The molecule has 2 amide bonds. The first-order chi connectivity index (χ1) is 13.2. The Morgan fingerprint density at radius 1 is 1.14 bits per heavy atom. The molecule has 7 nitrogen and oxygen atoms in total. The molecule has 152 valence electrons. The van der Waals surface area contributed by atoms with Crippen molar-refractivity contribution in [3.8, 4) is 0 Å². The van der Waals surface area contributed by atoms with Crippen LogP contribution >= 0.6 is 11.8 Å². The molecule has 28 heavy (non-hydrogen) atoms. The third-order valence-electron chi connectivity index (χ3n) is 4.52. The summed E-state index contributed by atoms with van der Waals surface area (Å²) in [6.07, 6.45) is -0.835. The van der Waals surface area contributed by atoms with E-state index in [0.29, 0.717) is 18.0 Å². The Kier molecular flexibility index (Phi) is 6.17. The minimum Gasteiger partial charge on any atom is -0.457 e. The van der Waals surface area contributed by atoms with Crippen molar-refractivity contribution >= 4 is 29.7 Å². The van der Waals surface area contributed by atoms with Crippen LogP contribution in [0.4, 0.5) is 4.79 Å². The predicted octanol–water partition coefficient (Wildman–Crippen LogP) is 2.75. The molecule has 2 fully saturated rings. The number of nitrogens with zero attached hydrogens (tertiary/aromatic N) is 2. The van der Waals surface area contributed by atoms with E-state index >= 15 is 0 Å². The molecule has 2 aliphatic rings. The SMILES string of the molecule is CC(C)(C)OC(=O)N1C[C@@H](OC(=O)c2ccccc2)C[C@H]1C(=O)N1CCSC1. The number of carbonyl (C=O) groups is 3. The fourth-order valence-electron chi connectivity index (χ4n) is 3.23. The van der Waals surface area contributed by atoms with Gasteiger partial charge in [-0.25, -0.2) is 9.59 Å². The lowest BCUT2D eigenvalue weighted by molar-refractivity contribution is -0.134. The zero-order chi connectivity index (χ0) is 20.3. The summed E-state index contributed by atoms with van der Waals surface area (Å²) in [5.74, 6) is 0.928. The van der Waals surface area contributed by atoms with E-state index in [9.17, 15) is 14.4 Å². The highest BCUT2D eigenvalue weighted by Gasteiger charge is 2.45. The Hall–Kier alpha value is -2.22. The Labute approximate surface area is 169 Å². The van der Waals surface area contributed by atoms with Crippen LogP contribution in [-0.2, 0) is 14.3 Å². The largest absolute Gasteiger partial charge is 0.457 e. The number of likely N-dealkylation sites (tertiary alicyclic amines) is 1. The van der Waals surface area contributed by atoms with Gasteiger partial charge in [0, 0.05) is 18.7 Å². The van der Waals surface area contributed by atoms with E-state index in [2.05, 4.69) is 0 Å². The van der Waals surface area contributed by atoms with Gasteiger partial charge in [-0.15, -0.1) is 11.8 Å². The fraction of sp³-hybridized carbons (Fsp3) is 0.550. The highest BCUT2D eigenvalue weighted by Crippen LogP contribution is 2.27. The molecule has 0 radical (unpaired) electrons. The van der Waals surface area contributed by atoms with Crippen LogP contribution in [0.15, 0.2) is 30.3 Å². The Balaban J connectivity index is 1.72. The number of hydrogen-bond donors (Lipinski definition) is 0. The van der Waals surface area contributed by atoms with Crippen LogP contribution in [0.3, 0.4) is 0 Å². The molecular formula is C20H26N2O5S. The molecule has 1 aromatic rings. The van der Waals surface area contributed by atoms with Crippen LogP contribution < -0.4 is 0 Å². The van der Waals surface area contributed by atoms with Gasteiger partial charge in [-0.1, -0.05) is 18.2 Å². The first-order valence-electron chi connectivity index (χ1n) is 9.37. The number of rotatable bonds is 3. The lowest BCUT2D eigenvalue weighted by Gasteiger charge is -2.29. The van der Waals surface area contributed by atoms with E-state index < -0.39 is 29.8 Å². The van der Waals surface area contributed by atoms with Crippen molar-refractivity contribution in [2.45, 2.75) is 44.9 Å². The maximum atomic E-state index is 13.0. The van der Waals surface area contributed by atoms with E-state index in [1.807, 2.05) is 6.07 Å². The number of ether oxygens (including phenoxy) is 2. The van der Waals surface area contributed by atoms with Gasteiger partial charge in [-0.3, -0.25) is 9.69 Å². The van der Waals surface area contributed by atoms with Crippen molar-refractivity contribution in [1.29, 1.82) is 0 Å². The first-order valence-corrected chi connectivity index (χ1v) is 10.5. The van der Waals surface area contributed by atoms with Gasteiger partial charge in [-0.2, -0.15) is 0 Å². The van der Waals surface area contributed by atoms with Crippen LogP contribution in [0.25, 0.3) is 0 Å². The normalized spacial score (nSPS) is 22.2. The Morgan fingerprint density at radius 2 is 1.86 bits per heavy atom. The molecule has 0 saturated carbocycles. The number of hydrogen-bond acceptors (Lipinski definition) is 6. The van der Waals surface area contributed by atoms with Gasteiger partial charge >= 0.3 is 12.1 Å². The summed E-state index contributed by atoms with van der Waals surface area (Å²) in [5.41, 5.74) is -0.232. The van der Waals surface area contributed by atoms with Crippen molar-refractivity contribution < 1.29 is 23.9 Å². The number of amides is 2. The minimum absolute atomic E-state index is 0.117. The van der Waals surface area contributed by atoms with Crippen molar-refractivity contribution in [2.24, 2.45) is 0 Å². The van der Waals surface area contributed by atoms with Gasteiger partial charge in [0.05, 0.1) is 18.0 Å². The van der Waals surface area contributed by atoms with Crippen LogP contribution in [-0.4, -0.2) is 70.2 Å². The molecular weight excluding hydrogens is 380 g/mol. The zero-order valence-electron chi connectivity index (χ0n) is 16.4. The van der Waals surface area contributed by atoms with Crippen molar-refractivity contribution in [3.63, 3.8) is 0 Å². The Morgan fingerprint density at radius 3 is 2.46 bits per heavy atom. The van der Waals surface area contributed by atoms with Crippen molar-refractivity contribution in [1.82, 2.24) is 9.80 Å². The summed E-state index contributed by atoms with van der Waals surface area (Å²) in [4.78, 5) is 41.2. The van der Waals surface area contributed by atoms with Gasteiger partial charge in [0.2, 0.25) is 5.91 Å². The quantitative estimate of drug-likeness (QED) is 0.719. The maximum absolute atomic E-state index is 13.0. The standard InChI is InChI=1S/C20H26N2O5S/c1-20(2,3)27-19(25)22-12-15(26-18(24)14-7-5-4-6-8-14)11-16(22)17(23)21-9-10-28-13-21/h4-8,15-16H,9-13H2,1-3H3/t15-,16-/m0/s1. The molecule has 0 N–H and O–H groups in total. The molecule has 2 heterocycles. The summed E-state index contributed by atoms with van der Waals surface area (Å²) >= 11 is 1.68. The number of benzene rings is 1. The molecule has 0 bridgehead atoms. The summed E-state index contributed by atoms with van der Waals surface area (Å²) < 4.78 is 11.1. The molecule has 2 atom stereocenters. The zero-order valence-corrected chi connectivity index (χ0v) is 17.2. The van der Waals surface area contributed by atoms with E-state index in [1.165, 1.54) is 4.90 Å². The molecule has 2 saturated heterocycles. The molecule has 0 unspecified atom stereocenters. The monoisotopic (exact) mass is 406 g/mol. The number of esters is 1. The van der Waals surface area contributed by atoms with Crippen molar-refractivity contribution in [3.05, 3.63) is 35.9 Å². The van der Waals surface area contributed by atoms with Gasteiger partial charge in [0.15, 0.2) is 0 Å². The third kappa shape index (κ3) is 4.98. The van der Waals surface area contributed by atoms with Crippen LogP contribution in [0.2, 0.25) is 0 Å². The van der Waals surface area contributed by atoms with E-state index in [0.717, 1.165) is 5.75 Å². The van der Waals surface area contributed by atoms with Gasteiger partial charge in [0.25, 0.3) is 0 Å². The molecule has 3 rings (SSSR count). The minimum atomic E-state index is -0.679. The predicted molar refractivity (Wildman–Crippen MR) is 106 cm³/mol. The second kappa shape index (κ2) is 8.43. The molecule has 0 spiro atoms. The molecule has 0 aliphatic carbocycles. The molecule has 2 aliphatic heterocycles. The first kappa shape index (κ1) is 20.5. The lowest BCUT2D eigenvalue weighted by atomic mass is 10.1. The van der Waals surface area contributed by atoms with E-state index in [4.69, 9.17) is 9.47 Å². The summed E-state index contributed by atoms with van der Waals surface area (Å²) in [6, 6.07) is 8.01. The average Bonchev–Trinajstić information content (AvgIpc) is 3.30. The molecule has 0 aromatic heterocycles. The van der Waals surface area contributed by atoms with Gasteiger partial charge < -0.3 is 14.4 Å². The lowest BCUT2D eigenvalue weighted by Crippen LogP contribution is -2.48. The molecule has 1 aromatic carbocycles. The van der Waals surface area contributed by atoms with Gasteiger partial charge in [-0.05, 0) is 32.9 Å². The van der Waals surface area contributed by atoms with Crippen LogP contribution in [0.5, 0.6) is 0 Å². The summed E-state index contributed by atoms with van der Waals surface area (Å²) in [5, 5.41) is 0. The summed E-state index contributed by atoms with van der Waals surface area (Å²) in [7, 11) is 0. The maximum Gasteiger partial charge on any atom is 0.411 e. The van der Waals surface area contributed by atoms with Gasteiger partial charge in [0.1, 0.15) is 17.7 Å². The fourth-order valence-corrected chi connectivity index (χ4v) is 4.19. The van der Waals surface area contributed by atoms with Crippen molar-refractivity contribution in [2.75, 3.05) is 24.7 Å².